The topological polar surface area (TPSA) is 59.1 Å². The summed E-state index contributed by atoms with van der Waals surface area (Å²) in [6, 6.07) is 4.75. The monoisotopic (exact) mass is 326 g/mol. The minimum Gasteiger partial charge on any atom is -0.454 e. The number of piperidine rings is 1. The first-order valence-corrected chi connectivity index (χ1v) is 9.10. The molecule has 1 saturated heterocycles. The summed E-state index contributed by atoms with van der Waals surface area (Å²) in [5.41, 5.74) is 0. The molecule has 0 N–H and O–H groups in total. The van der Waals surface area contributed by atoms with E-state index in [1.165, 1.54) is 29.6 Å². The largest absolute Gasteiger partial charge is 0.454 e. The number of fused-ring (bicyclic) bond motifs is 1. The van der Waals surface area contributed by atoms with E-state index in [2.05, 4.69) is 4.90 Å². The fraction of sp³-hybridized carbons (Fsp3) is 0.600. The molecule has 0 bridgehead atoms. The van der Waals surface area contributed by atoms with Crippen LogP contribution in [-0.4, -0.2) is 57.6 Å². The third-order valence-corrected chi connectivity index (χ3v) is 6.08. The second kappa shape index (κ2) is 6.44. The highest BCUT2D eigenvalue weighted by Crippen LogP contribution is 2.34. The van der Waals surface area contributed by atoms with Crippen LogP contribution < -0.4 is 9.47 Å². The summed E-state index contributed by atoms with van der Waals surface area (Å²) in [5, 5.41) is 0. The molecule has 122 valence electrons. The van der Waals surface area contributed by atoms with E-state index in [-0.39, 0.29) is 11.7 Å². The smallest absolute Gasteiger partial charge is 0.242 e. The van der Waals surface area contributed by atoms with Gasteiger partial charge in [-0.05, 0) is 38.1 Å². The van der Waals surface area contributed by atoms with Crippen LogP contribution in [0.25, 0.3) is 0 Å². The van der Waals surface area contributed by atoms with Crippen LogP contribution in [-0.2, 0) is 10.0 Å². The SMILES string of the molecule is CN(CCN1CCCCC1)S(=O)(=O)c1ccc2c(c1)OCO2. The first-order chi connectivity index (χ1) is 10.6. The molecule has 0 aliphatic carbocycles. The molecule has 0 aromatic heterocycles. The summed E-state index contributed by atoms with van der Waals surface area (Å²) < 4.78 is 37.1. The predicted molar refractivity (Wildman–Crippen MR) is 82.7 cm³/mol. The summed E-state index contributed by atoms with van der Waals surface area (Å²) in [4.78, 5) is 2.58. The van der Waals surface area contributed by atoms with Crippen molar-refractivity contribution in [3.8, 4) is 11.5 Å². The minimum atomic E-state index is -3.49. The molecule has 0 radical (unpaired) electrons. The summed E-state index contributed by atoms with van der Waals surface area (Å²) in [7, 11) is -1.86. The van der Waals surface area contributed by atoms with E-state index in [1.54, 1.807) is 19.2 Å². The number of ether oxygens (including phenoxy) is 2. The number of rotatable bonds is 5. The van der Waals surface area contributed by atoms with Gasteiger partial charge in [-0.25, -0.2) is 8.42 Å². The quantitative estimate of drug-likeness (QED) is 0.821. The van der Waals surface area contributed by atoms with Gasteiger partial charge in [-0.1, -0.05) is 6.42 Å². The summed E-state index contributed by atoms with van der Waals surface area (Å²) in [6.45, 7) is 3.55. The van der Waals surface area contributed by atoms with Crippen LogP contribution in [0.5, 0.6) is 11.5 Å². The Morgan fingerprint density at radius 2 is 1.86 bits per heavy atom. The second-order valence-electron chi connectivity index (χ2n) is 5.74. The van der Waals surface area contributed by atoms with Crippen molar-refractivity contribution in [1.82, 2.24) is 9.21 Å². The van der Waals surface area contributed by atoms with Crippen LogP contribution in [0, 0.1) is 0 Å². The number of hydrogen-bond donors (Lipinski definition) is 0. The van der Waals surface area contributed by atoms with Crippen molar-refractivity contribution in [3.63, 3.8) is 0 Å². The van der Waals surface area contributed by atoms with Crippen molar-refractivity contribution in [2.45, 2.75) is 24.2 Å². The van der Waals surface area contributed by atoms with Crippen molar-refractivity contribution in [2.24, 2.45) is 0 Å². The van der Waals surface area contributed by atoms with Gasteiger partial charge in [-0.2, -0.15) is 4.31 Å². The highest BCUT2D eigenvalue weighted by atomic mass is 32.2. The molecular formula is C15H22N2O4S. The third kappa shape index (κ3) is 3.21. The Morgan fingerprint density at radius 1 is 1.14 bits per heavy atom. The van der Waals surface area contributed by atoms with Crippen LogP contribution in [0.15, 0.2) is 23.1 Å². The van der Waals surface area contributed by atoms with Gasteiger partial charge in [-0.15, -0.1) is 0 Å². The van der Waals surface area contributed by atoms with Crippen molar-refractivity contribution in [2.75, 3.05) is 40.0 Å². The first kappa shape index (κ1) is 15.6. The lowest BCUT2D eigenvalue weighted by Gasteiger charge is -2.28. The molecule has 3 rings (SSSR count). The molecule has 6 nitrogen and oxygen atoms in total. The van der Waals surface area contributed by atoms with Crippen molar-refractivity contribution >= 4 is 10.0 Å². The fourth-order valence-electron chi connectivity index (χ4n) is 2.80. The number of hydrogen-bond acceptors (Lipinski definition) is 5. The molecule has 1 fully saturated rings. The van der Waals surface area contributed by atoms with Crippen molar-refractivity contribution < 1.29 is 17.9 Å². The Bertz CT molecular complexity index is 626. The maximum absolute atomic E-state index is 12.6. The van der Waals surface area contributed by atoms with Gasteiger partial charge in [0.25, 0.3) is 0 Å². The van der Waals surface area contributed by atoms with Crippen LogP contribution in [0.1, 0.15) is 19.3 Å². The standard InChI is InChI=1S/C15H22N2O4S/c1-16(9-10-17-7-3-2-4-8-17)22(18,19)13-5-6-14-15(11-13)21-12-20-14/h5-6,11H,2-4,7-10,12H2,1H3. The van der Waals surface area contributed by atoms with Crippen LogP contribution in [0.3, 0.4) is 0 Å². The number of benzene rings is 1. The van der Waals surface area contributed by atoms with Crippen molar-refractivity contribution in [3.05, 3.63) is 18.2 Å². The summed E-state index contributed by atoms with van der Waals surface area (Å²) >= 11 is 0. The fourth-order valence-corrected chi connectivity index (χ4v) is 3.98. The molecule has 0 spiro atoms. The van der Waals surface area contributed by atoms with E-state index < -0.39 is 10.0 Å². The van der Waals surface area contributed by atoms with Gasteiger partial charge in [-0.3, -0.25) is 0 Å². The van der Waals surface area contributed by atoms with E-state index in [9.17, 15) is 8.42 Å². The van der Waals surface area contributed by atoms with Gasteiger partial charge in [0.15, 0.2) is 11.5 Å². The first-order valence-electron chi connectivity index (χ1n) is 7.66. The van der Waals surface area contributed by atoms with Crippen molar-refractivity contribution in [1.29, 1.82) is 0 Å². The lowest BCUT2D eigenvalue weighted by atomic mass is 10.1. The second-order valence-corrected chi connectivity index (χ2v) is 7.79. The van der Waals surface area contributed by atoms with Gasteiger partial charge in [0.1, 0.15) is 0 Å². The third-order valence-electron chi connectivity index (χ3n) is 4.23. The normalized spacial score (nSPS) is 18.8. The number of likely N-dealkylation sites (N-methyl/N-ethyl adjacent to an activating group) is 1. The van der Waals surface area contributed by atoms with Crippen LogP contribution in [0.4, 0.5) is 0 Å². The molecule has 2 heterocycles. The van der Waals surface area contributed by atoms with Gasteiger partial charge in [0, 0.05) is 26.2 Å². The Labute approximate surface area is 131 Å². The zero-order valence-electron chi connectivity index (χ0n) is 12.8. The molecule has 2 aliphatic heterocycles. The Balaban J connectivity index is 1.66. The number of sulfonamides is 1. The van der Waals surface area contributed by atoms with Gasteiger partial charge < -0.3 is 14.4 Å². The molecule has 7 heteroatoms. The average Bonchev–Trinajstić information content (AvgIpc) is 3.01. The number of likely N-dealkylation sites (tertiary alicyclic amines) is 1. The van der Waals surface area contributed by atoms with Crippen LogP contribution in [0.2, 0.25) is 0 Å². The molecule has 0 unspecified atom stereocenters. The highest BCUT2D eigenvalue weighted by molar-refractivity contribution is 7.89. The average molecular weight is 326 g/mol. The predicted octanol–water partition coefficient (Wildman–Crippen LogP) is 1.52. The Kier molecular flexibility index (Phi) is 4.56. The lowest BCUT2D eigenvalue weighted by Crippen LogP contribution is -2.38. The van der Waals surface area contributed by atoms with Crippen LogP contribution >= 0.6 is 0 Å². The van der Waals surface area contributed by atoms with E-state index in [0.717, 1.165) is 19.6 Å². The molecule has 1 aromatic carbocycles. The molecule has 2 aliphatic rings. The van der Waals surface area contributed by atoms with E-state index in [4.69, 9.17) is 9.47 Å². The summed E-state index contributed by atoms with van der Waals surface area (Å²) in [6.07, 6.45) is 3.69. The minimum absolute atomic E-state index is 0.142. The van der Waals surface area contributed by atoms with Gasteiger partial charge >= 0.3 is 0 Å². The zero-order chi connectivity index (χ0) is 15.6. The zero-order valence-corrected chi connectivity index (χ0v) is 13.6. The number of nitrogens with zero attached hydrogens (tertiary/aromatic N) is 2. The molecule has 0 amide bonds. The molecule has 0 saturated carbocycles. The maximum atomic E-state index is 12.6. The lowest BCUT2D eigenvalue weighted by molar-refractivity contribution is 0.174. The molecule has 0 atom stereocenters. The maximum Gasteiger partial charge on any atom is 0.242 e. The molecule has 22 heavy (non-hydrogen) atoms. The molecule has 1 aromatic rings. The van der Waals surface area contributed by atoms with E-state index in [0.29, 0.717) is 18.0 Å². The summed E-state index contributed by atoms with van der Waals surface area (Å²) in [5.74, 6) is 1.08. The Hall–Kier alpha value is -1.31. The van der Waals surface area contributed by atoms with Gasteiger partial charge in [0.05, 0.1) is 4.90 Å². The highest BCUT2D eigenvalue weighted by Gasteiger charge is 2.24. The Morgan fingerprint density at radius 3 is 2.64 bits per heavy atom. The van der Waals surface area contributed by atoms with E-state index >= 15 is 0 Å². The van der Waals surface area contributed by atoms with E-state index in [1.807, 2.05) is 0 Å². The molecular weight excluding hydrogens is 304 g/mol. The van der Waals surface area contributed by atoms with Gasteiger partial charge in [0.2, 0.25) is 16.8 Å².